The Morgan fingerprint density at radius 1 is 1.43 bits per heavy atom. The molecule has 0 amide bonds. The fraction of sp³-hybridized carbons (Fsp3) is 0.182. The van der Waals surface area contributed by atoms with Crippen LogP contribution in [0.15, 0.2) is 29.3 Å². The predicted molar refractivity (Wildman–Crippen MR) is 77.2 cm³/mol. The van der Waals surface area contributed by atoms with Gasteiger partial charge in [-0.15, -0.1) is 0 Å². The van der Waals surface area contributed by atoms with Crippen LogP contribution < -0.4 is 0 Å². The van der Waals surface area contributed by atoms with Crippen molar-refractivity contribution in [1.82, 2.24) is 9.78 Å². The van der Waals surface area contributed by atoms with Crippen LogP contribution in [0.3, 0.4) is 0 Å². The molecule has 0 radical (unpaired) electrons. The van der Waals surface area contributed by atoms with E-state index in [4.69, 9.17) is 22.3 Å². The maximum Gasteiger partial charge on any atom is 0.410 e. The van der Waals surface area contributed by atoms with E-state index in [1.54, 1.807) is 12.1 Å². The van der Waals surface area contributed by atoms with Crippen molar-refractivity contribution in [1.29, 1.82) is 0 Å². The van der Waals surface area contributed by atoms with E-state index in [2.05, 4.69) is 5.10 Å². The average Bonchev–Trinajstić information content (AvgIpc) is 2.77. The summed E-state index contributed by atoms with van der Waals surface area (Å²) in [5.41, 5.74) is 1.61. The molecule has 0 bridgehead atoms. The third-order valence-electron chi connectivity index (χ3n) is 2.69. The monoisotopic (exact) mass is 349 g/mol. The van der Waals surface area contributed by atoms with Gasteiger partial charge in [-0.25, -0.2) is 8.42 Å². The van der Waals surface area contributed by atoms with Crippen LogP contribution in [0.2, 0.25) is 5.02 Å². The summed E-state index contributed by atoms with van der Waals surface area (Å²) in [7, 11) is 0.912. The SMILES string of the molecule is Cc1ccc(Cn2cc(S(=O)(=O)Cl)c([N+](=O)[O-])n2)c(Cl)c1. The molecule has 7 nitrogen and oxygen atoms in total. The smallest absolute Gasteiger partial charge is 0.358 e. The summed E-state index contributed by atoms with van der Waals surface area (Å²) in [6.07, 6.45) is 1.01. The van der Waals surface area contributed by atoms with Crippen LogP contribution in [-0.2, 0) is 15.6 Å². The Hall–Kier alpha value is -1.64. The lowest BCUT2D eigenvalue weighted by Crippen LogP contribution is -2.02. The third kappa shape index (κ3) is 3.52. The summed E-state index contributed by atoms with van der Waals surface area (Å²) < 4.78 is 23.7. The summed E-state index contributed by atoms with van der Waals surface area (Å²) >= 11 is 6.06. The zero-order valence-corrected chi connectivity index (χ0v) is 13.0. The van der Waals surface area contributed by atoms with Gasteiger partial charge in [0.15, 0.2) is 0 Å². The molecule has 10 heteroatoms. The van der Waals surface area contributed by atoms with E-state index in [1.165, 1.54) is 0 Å². The molecule has 0 atom stereocenters. The molecule has 1 aromatic carbocycles. The Bertz CT molecular complexity index is 817. The van der Waals surface area contributed by atoms with Crippen LogP contribution in [0.25, 0.3) is 0 Å². The van der Waals surface area contributed by atoms with Crippen LogP contribution in [-0.4, -0.2) is 23.1 Å². The highest BCUT2D eigenvalue weighted by Gasteiger charge is 2.30. The van der Waals surface area contributed by atoms with Crippen molar-refractivity contribution in [3.8, 4) is 0 Å². The molecule has 0 aliphatic heterocycles. The van der Waals surface area contributed by atoms with Gasteiger partial charge in [-0.2, -0.15) is 4.68 Å². The van der Waals surface area contributed by atoms with Crippen LogP contribution in [0.4, 0.5) is 5.82 Å². The standard InChI is InChI=1S/C11H9Cl2N3O4S/c1-7-2-3-8(9(12)4-7)5-15-6-10(21(13,19)20)11(14-15)16(17)18/h2-4,6H,5H2,1H3. The van der Waals surface area contributed by atoms with Crippen molar-refractivity contribution in [3.63, 3.8) is 0 Å². The molecule has 0 unspecified atom stereocenters. The third-order valence-corrected chi connectivity index (χ3v) is 4.35. The van der Waals surface area contributed by atoms with E-state index in [0.29, 0.717) is 10.6 Å². The van der Waals surface area contributed by atoms with Crippen molar-refractivity contribution in [2.24, 2.45) is 0 Å². The Balaban J connectivity index is 2.44. The number of aryl methyl sites for hydroxylation is 1. The number of hydrogen-bond acceptors (Lipinski definition) is 5. The van der Waals surface area contributed by atoms with Crippen LogP contribution in [0.1, 0.15) is 11.1 Å². The molecule has 1 aromatic heterocycles. The Morgan fingerprint density at radius 3 is 2.57 bits per heavy atom. The van der Waals surface area contributed by atoms with Crippen molar-refractivity contribution in [2.75, 3.05) is 0 Å². The zero-order valence-electron chi connectivity index (χ0n) is 10.7. The number of nitrogens with zero attached hydrogens (tertiary/aromatic N) is 3. The number of hydrogen-bond donors (Lipinski definition) is 0. The summed E-state index contributed by atoms with van der Waals surface area (Å²) in [4.78, 5) is 9.28. The van der Waals surface area contributed by atoms with E-state index < -0.39 is 24.7 Å². The fourth-order valence-electron chi connectivity index (χ4n) is 1.73. The molecular formula is C11H9Cl2N3O4S. The highest BCUT2D eigenvalue weighted by atomic mass is 35.7. The van der Waals surface area contributed by atoms with Gasteiger partial charge in [0.1, 0.15) is 0 Å². The molecule has 0 fully saturated rings. The lowest BCUT2D eigenvalue weighted by Gasteiger charge is -2.02. The van der Waals surface area contributed by atoms with Crippen molar-refractivity contribution in [2.45, 2.75) is 18.4 Å². The number of rotatable bonds is 4. The minimum absolute atomic E-state index is 0.0896. The number of benzene rings is 1. The maximum absolute atomic E-state index is 11.3. The van der Waals surface area contributed by atoms with Crippen LogP contribution in [0, 0.1) is 17.0 Å². The summed E-state index contributed by atoms with van der Waals surface area (Å²) in [5.74, 6) is -0.812. The molecule has 1 heterocycles. The zero-order chi connectivity index (χ0) is 15.8. The molecule has 2 aromatic rings. The Morgan fingerprint density at radius 2 is 2.10 bits per heavy atom. The van der Waals surface area contributed by atoms with Gasteiger partial charge in [-0.1, -0.05) is 23.7 Å². The minimum Gasteiger partial charge on any atom is -0.358 e. The minimum atomic E-state index is -4.25. The summed E-state index contributed by atoms with van der Waals surface area (Å²) in [6.45, 7) is 1.96. The first-order valence-corrected chi connectivity index (χ1v) is 8.29. The van der Waals surface area contributed by atoms with Crippen LogP contribution >= 0.6 is 22.3 Å². The van der Waals surface area contributed by atoms with Gasteiger partial charge >= 0.3 is 5.82 Å². The van der Waals surface area contributed by atoms with E-state index in [-0.39, 0.29) is 6.54 Å². The largest absolute Gasteiger partial charge is 0.410 e. The van der Waals surface area contributed by atoms with E-state index in [9.17, 15) is 18.5 Å². The molecule has 0 N–H and O–H groups in total. The number of halogens is 2. The Kier molecular flexibility index (Phi) is 4.22. The molecule has 0 saturated carbocycles. The average molecular weight is 350 g/mol. The van der Waals surface area contributed by atoms with Crippen LogP contribution in [0.5, 0.6) is 0 Å². The number of nitro groups is 1. The van der Waals surface area contributed by atoms with Gasteiger partial charge in [0.2, 0.25) is 4.90 Å². The second-order valence-electron chi connectivity index (χ2n) is 4.30. The molecule has 0 aliphatic carbocycles. The van der Waals surface area contributed by atoms with E-state index >= 15 is 0 Å². The van der Waals surface area contributed by atoms with Gasteiger partial charge in [-0.05, 0) is 29.0 Å². The quantitative estimate of drug-likeness (QED) is 0.480. The number of aromatic nitrogens is 2. The molecule has 21 heavy (non-hydrogen) atoms. The van der Waals surface area contributed by atoms with Gasteiger partial charge < -0.3 is 10.1 Å². The fourth-order valence-corrected chi connectivity index (χ4v) is 2.93. The molecule has 0 saturated heterocycles. The van der Waals surface area contributed by atoms with Gasteiger partial charge in [0, 0.05) is 15.7 Å². The second-order valence-corrected chi connectivity index (χ2v) is 7.25. The van der Waals surface area contributed by atoms with Crippen molar-refractivity contribution >= 4 is 37.2 Å². The van der Waals surface area contributed by atoms with Gasteiger partial charge in [-0.3, -0.25) is 0 Å². The molecule has 0 aliphatic rings. The topological polar surface area (TPSA) is 95.1 Å². The second kappa shape index (κ2) is 5.63. The van der Waals surface area contributed by atoms with Gasteiger partial charge in [0.25, 0.3) is 9.05 Å². The molecule has 112 valence electrons. The van der Waals surface area contributed by atoms with E-state index in [0.717, 1.165) is 16.4 Å². The Labute approximate surface area is 129 Å². The molecular weight excluding hydrogens is 341 g/mol. The predicted octanol–water partition coefficient (Wildman–Crippen LogP) is 2.73. The first-order chi connectivity index (χ1) is 9.68. The van der Waals surface area contributed by atoms with Gasteiger partial charge in [0.05, 0.1) is 17.8 Å². The van der Waals surface area contributed by atoms with Crippen molar-refractivity contribution in [3.05, 3.63) is 50.7 Å². The normalized spacial score (nSPS) is 11.6. The highest BCUT2D eigenvalue weighted by Crippen LogP contribution is 2.26. The summed E-state index contributed by atoms with van der Waals surface area (Å²) in [6, 6.07) is 5.28. The lowest BCUT2D eigenvalue weighted by atomic mass is 10.1. The first-order valence-electron chi connectivity index (χ1n) is 5.60. The summed E-state index contributed by atoms with van der Waals surface area (Å²) in [5, 5.41) is 14.9. The molecule has 0 spiro atoms. The maximum atomic E-state index is 11.3. The van der Waals surface area contributed by atoms with E-state index in [1.807, 2.05) is 13.0 Å². The molecule has 2 rings (SSSR count). The lowest BCUT2D eigenvalue weighted by molar-refractivity contribution is -0.392. The highest BCUT2D eigenvalue weighted by molar-refractivity contribution is 8.13. The van der Waals surface area contributed by atoms with Crippen molar-refractivity contribution < 1.29 is 13.3 Å². The first kappa shape index (κ1) is 15.7.